The first-order valence-electron chi connectivity index (χ1n) is 6.82. The summed E-state index contributed by atoms with van der Waals surface area (Å²) >= 11 is 0. The third kappa shape index (κ3) is 3.45. The molecule has 20 heavy (non-hydrogen) atoms. The van der Waals surface area contributed by atoms with Crippen molar-refractivity contribution in [3.63, 3.8) is 0 Å². The van der Waals surface area contributed by atoms with Gasteiger partial charge in [0.05, 0.1) is 6.54 Å². The number of carbonyl (C=O) groups is 1. The Balaban J connectivity index is 2.24. The van der Waals surface area contributed by atoms with Gasteiger partial charge in [-0.25, -0.2) is 8.78 Å². The van der Waals surface area contributed by atoms with Gasteiger partial charge in [-0.1, -0.05) is 6.92 Å². The van der Waals surface area contributed by atoms with Crippen molar-refractivity contribution in [2.75, 3.05) is 31.1 Å². The van der Waals surface area contributed by atoms with Crippen molar-refractivity contribution in [1.29, 1.82) is 0 Å². The normalized spacial score (nSPS) is 15.9. The van der Waals surface area contributed by atoms with E-state index in [9.17, 15) is 13.6 Å². The second kappa shape index (κ2) is 6.65. The van der Waals surface area contributed by atoms with E-state index >= 15 is 0 Å². The summed E-state index contributed by atoms with van der Waals surface area (Å²) in [6, 6.07) is 2.65. The van der Waals surface area contributed by atoms with E-state index in [1.54, 1.807) is 0 Å². The number of nitrogens with zero attached hydrogens (tertiary/aromatic N) is 1. The van der Waals surface area contributed by atoms with Gasteiger partial charge in [0.15, 0.2) is 0 Å². The van der Waals surface area contributed by atoms with E-state index in [1.165, 1.54) is 17.0 Å². The molecule has 1 aromatic rings. The minimum absolute atomic E-state index is 0.0135. The van der Waals surface area contributed by atoms with Gasteiger partial charge in [-0.2, -0.15) is 0 Å². The van der Waals surface area contributed by atoms with E-state index in [1.807, 2.05) is 6.92 Å². The molecule has 0 radical (unpaired) electrons. The molecule has 110 valence electrons. The van der Waals surface area contributed by atoms with E-state index in [0.29, 0.717) is 31.6 Å². The average Bonchev–Trinajstić information content (AvgIpc) is 2.60. The van der Waals surface area contributed by atoms with Crippen molar-refractivity contribution in [2.45, 2.75) is 19.9 Å². The highest BCUT2D eigenvalue weighted by Gasteiger charge is 2.22. The molecule has 1 aliphatic rings. The Bertz CT molecular complexity index is 470. The van der Waals surface area contributed by atoms with Gasteiger partial charge in [0.1, 0.15) is 17.3 Å². The van der Waals surface area contributed by atoms with Gasteiger partial charge in [-0.15, -0.1) is 0 Å². The minimum atomic E-state index is -0.618. The molecule has 0 atom stereocenters. The van der Waals surface area contributed by atoms with Crippen LogP contribution in [0, 0.1) is 11.6 Å². The summed E-state index contributed by atoms with van der Waals surface area (Å²) in [5, 5.41) is 5.71. The predicted octanol–water partition coefficient (Wildman–Crippen LogP) is 1.40. The predicted molar refractivity (Wildman–Crippen MR) is 73.6 cm³/mol. The van der Waals surface area contributed by atoms with Crippen LogP contribution in [0.5, 0.6) is 0 Å². The fourth-order valence-electron chi connectivity index (χ4n) is 2.29. The molecule has 1 amide bonds. The highest BCUT2D eigenvalue weighted by molar-refractivity contribution is 5.81. The number of anilines is 1. The zero-order chi connectivity index (χ0) is 14.5. The molecule has 1 aliphatic heterocycles. The number of amides is 1. The van der Waals surface area contributed by atoms with Crippen molar-refractivity contribution in [1.82, 2.24) is 10.6 Å². The lowest BCUT2D eigenvalue weighted by Crippen LogP contribution is -2.34. The Morgan fingerprint density at radius 2 is 2.05 bits per heavy atom. The first kappa shape index (κ1) is 14.7. The molecule has 0 aromatic heterocycles. The zero-order valence-corrected chi connectivity index (χ0v) is 11.5. The van der Waals surface area contributed by atoms with E-state index in [0.717, 1.165) is 6.54 Å². The van der Waals surface area contributed by atoms with Crippen molar-refractivity contribution >= 4 is 11.6 Å². The van der Waals surface area contributed by atoms with Crippen LogP contribution in [0.4, 0.5) is 14.5 Å². The van der Waals surface area contributed by atoms with Crippen LogP contribution in [0.2, 0.25) is 0 Å². The first-order valence-corrected chi connectivity index (χ1v) is 6.82. The molecule has 2 N–H and O–H groups in total. The Morgan fingerprint density at radius 1 is 1.35 bits per heavy atom. The Hall–Kier alpha value is -1.69. The molecular weight excluding hydrogens is 264 g/mol. The number of hydrogen-bond donors (Lipinski definition) is 2. The van der Waals surface area contributed by atoms with Gasteiger partial charge >= 0.3 is 0 Å². The number of halogens is 2. The Kier molecular flexibility index (Phi) is 4.89. The van der Waals surface area contributed by atoms with Crippen LogP contribution >= 0.6 is 0 Å². The molecule has 0 aliphatic carbocycles. The second-order valence-corrected chi connectivity index (χ2v) is 4.81. The van der Waals surface area contributed by atoms with Crippen LogP contribution in [-0.4, -0.2) is 32.1 Å². The molecule has 0 unspecified atom stereocenters. The third-order valence-corrected chi connectivity index (χ3v) is 3.23. The lowest BCUT2D eigenvalue weighted by molar-refractivity contribution is -0.119. The summed E-state index contributed by atoms with van der Waals surface area (Å²) in [7, 11) is 0. The molecule has 0 bridgehead atoms. The summed E-state index contributed by atoms with van der Waals surface area (Å²) in [5.41, 5.74) is 0.451. The van der Waals surface area contributed by atoms with Crippen molar-refractivity contribution in [3.8, 4) is 0 Å². The van der Waals surface area contributed by atoms with E-state index < -0.39 is 11.6 Å². The standard InChI is InChI=1S/C14H19F2N3O/c1-2-17-8-10-6-11(15)14(12(16)7-10)19-5-3-4-18-13(20)9-19/h6-7,17H,2-5,8-9H2,1H3,(H,18,20). The van der Waals surface area contributed by atoms with Crippen LogP contribution in [0.1, 0.15) is 18.9 Å². The summed E-state index contributed by atoms with van der Waals surface area (Å²) in [5.74, 6) is -1.45. The maximum Gasteiger partial charge on any atom is 0.239 e. The van der Waals surface area contributed by atoms with E-state index in [4.69, 9.17) is 0 Å². The van der Waals surface area contributed by atoms with Gasteiger partial charge in [0, 0.05) is 19.6 Å². The van der Waals surface area contributed by atoms with Crippen LogP contribution in [0.25, 0.3) is 0 Å². The molecule has 4 nitrogen and oxygen atoms in total. The van der Waals surface area contributed by atoms with Gasteiger partial charge in [-0.3, -0.25) is 4.79 Å². The molecule has 1 saturated heterocycles. The number of benzene rings is 1. The monoisotopic (exact) mass is 283 g/mol. The summed E-state index contributed by atoms with van der Waals surface area (Å²) in [6.07, 6.45) is 0.670. The fourth-order valence-corrected chi connectivity index (χ4v) is 2.29. The van der Waals surface area contributed by atoms with E-state index in [2.05, 4.69) is 10.6 Å². The summed E-state index contributed by atoms with van der Waals surface area (Å²) in [4.78, 5) is 13.0. The molecule has 0 spiro atoms. The quantitative estimate of drug-likeness (QED) is 0.878. The molecule has 1 aromatic carbocycles. The Labute approximate surface area is 117 Å². The largest absolute Gasteiger partial charge is 0.357 e. The van der Waals surface area contributed by atoms with E-state index in [-0.39, 0.29) is 18.1 Å². The van der Waals surface area contributed by atoms with Crippen LogP contribution in [0.15, 0.2) is 12.1 Å². The zero-order valence-electron chi connectivity index (χ0n) is 11.5. The molecule has 2 rings (SSSR count). The molecule has 1 heterocycles. The molecule has 0 saturated carbocycles. The topological polar surface area (TPSA) is 44.4 Å². The third-order valence-electron chi connectivity index (χ3n) is 3.23. The average molecular weight is 283 g/mol. The number of carbonyl (C=O) groups excluding carboxylic acids is 1. The van der Waals surface area contributed by atoms with Gasteiger partial charge in [0.25, 0.3) is 0 Å². The van der Waals surface area contributed by atoms with Gasteiger partial charge in [0.2, 0.25) is 5.91 Å². The number of hydrogen-bond acceptors (Lipinski definition) is 3. The van der Waals surface area contributed by atoms with Crippen LogP contribution < -0.4 is 15.5 Å². The summed E-state index contributed by atoms with van der Waals surface area (Å²) in [6.45, 7) is 4.07. The fraction of sp³-hybridized carbons (Fsp3) is 0.500. The van der Waals surface area contributed by atoms with Crippen LogP contribution in [0.3, 0.4) is 0 Å². The van der Waals surface area contributed by atoms with Crippen molar-refractivity contribution in [2.24, 2.45) is 0 Å². The number of nitrogens with one attached hydrogen (secondary N) is 2. The van der Waals surface area contributed by atoms with Crippen molar-refractivity contribution < 1.29 is 13.6 Å². The SMILES string of the molecule is CCNCc1cc(F)c(N2CCCNC(=O)C2)c(F)c1. The number of rotatable bonds is 4. The van der Waals surface area contributed by atoms with Gasteiger partial charge < -0.3 is 15.5 Å². The van der Waals surface area contributed by atoms with Crippen molar-refractivity contribution in [3.05, 3.63) is 29.3 Å². The lowest BCUT2D eigenvalue weighted by Gasteiger charge is -2.23. The van der Waals surface area contributed by atoms with Crippen LogP contribution in [-0.2, 0) is 11.3 Å². The highest BCUT2D eigenvalue weighted by Crippen LogP contribution is 2.25. The first-order chi connectivity index (χ1) is 9.61. The smallest absolute Gasteiger partial charge is 0.239 e. The molecule has 6 heteroatoms. The lowest BCUT2D eigenvalue weighted by atomic mass is 10.1. The maximum absolute atomic E-state index is 14.1. The molecular formula is C14H19F2N3O. The second-order valence-electron chi connectivity index (χ2n) is 4.81. The Morgan fingerprint density at radius 3 is 2.70 bits per heavy atom. The minimum Gasteiger partial charge on any atom is -0.357 e. The van der Waals surface area contributed by atoms with Gasteiger partial charge in [-0.05, 0) is 30.7 Å². The summed E-state index contributed by atoms with van der Waals surface area (Å²) < 4.78 is 28.3. The molecule has 1 fully saturated rings. The highest BCUT2D eigenvalue weighted by atomic mass is 19.1. The maximum atomic E-state index is 14.1.